The summed E-state index contributed by atoms with van der Waals surface area (Å²) in [6.07, 6.45) is 1.76. The van der Waals surface area contributed by atoms with Gasteiger partial charge in [0.15, 0.2) is 9.84 Å². The summed E-state index contributed by atoms with van der Waals surface area (Å²) >= 11 is 0. The predicted molar refractivity (Wildman–Crippen MR) is 79.1 cm³/mol. The molecular weight excluding hydrogens is 262 g/mol. The van der Waals surface area contributed by atoms with E-state index in [0.29, 0.717) is 12.5 Å². The van der Waals surface area contributed by atoms with Crippen molar-refractivity contribution in [3.8, 4) is 0 Å². The Bertz CT molecular complexity index is 378. The maximum atomic E-state index is 12.0. The van der Waals surface area contributed by atoms with E-state index >= 15 is 0 Å². The van der Waals surface area contributed by atoms with Crippen molar-refractivity contribution in [3.63, 3.8) is 0 Å². The highest BCUT2D eigenvalue weighted by atomic mass is 32.2. The number of hydrogen-bond donors (Lipinski definition) is 1. The van der Waals surface area contributed by atoms with E-state index in [9.17, 15) is 8.42 Å². The molecule has 1 fully saturated rings. The molecule has 2 unspecified atom stereocenters. The van der Waals surface area contributed by atoms with Gasteiger partial charge in [-0.05, 0) is 33.6 Å². The molecule has 19 heavy (non-hydrogen) atoms. The van der Waals surface area contributed by atoms with Crippen molar-refractivity contribution in [1.29, 1.82) is 0 Å². The minimum Gasteiger partial charge on any atom is -0.378 e. The van der Waals surface area contributed by atoms with Gasteiger partial charge in [-0.3, -0.25) is 0 Å². The fraction of sp³-hybridized carbons (Fsp3) is 1.00. The molecule has 2 atom stereocenters. The lowest BCUT2D eigenvalue weighted by Gasteiger charge is -2.33. The maximum absolute atomic E-state index is 12.0. The van der Waals surface area contributed by atoms with E-state index in [1.165, 1.54) is 0 Å². The summed E-state index contributed by atoms with van der Waals surface area (Å²) in [7, 11) is -2.97. The Morgan fingerprint density at radius 3 is 2.37 bits per heavy atom. The van der Waals surface area contributed by atoms with E-state index in [1.54, 1.807) is 13.8 Å². The van der Waals surface area contributed by atoms with Crippen LogP contribution in [-0.2, 0) is 14.6 Å². The van der Waals surface area contributed by atoms with Crippen molar-refractivity contribution in [2.75, 3.05) is 18.9 Å². The van der Waals surface area contributed by atoms with E-state index < -0.39 is 9.84 Å². The number of sulfone groups is 1. The first-order valence-corrected chi connectivity index (χ1v) is 8.98. The van der Waals surface area contributed by atoms with Crippen molar-refractivity contribution in [2.45, 2.75) is 64.9 Å². The van der Waals surface area contributed by atoms with Crippen LogP contribution in [0.4, 0.5) is 0 Å². The third kappa shape index (κ3) is 4.43. The number of ether oxygens (including phenoxy) is 1. The SMILES string of the molecule is CC(C)NCC1(CCS(=O)(=O)C(C)C)CCOC1C. The van der Waals surface area contributed by atoms with Crippen molar-refractivity contribution >= 4 is 9.84 Å². The highest BCUT2D eigenvalue weighted by molar-refractivity contribution is 7.91. The number of nitrogens with one attached hydrogen (secondary N) is 1. The lowest BCUT2D eigenvalue weighted by atomic mass is 9.79. The van der Waals surface area contributed by atoms with Crippen LogP contribution < -0.4 is 5.32 Å². The van der Waals surface area contributed by atoms with Gasteiger partial charge in [0.05, 0.1) is 17.1 Å². The third-order valence-corrected chi connectivity index (χ3v) is 6.50. The fourth-order valence-corrected chi connectivity index (χ4v) is 3.62. The molecule has 0 aliphatic carbocycles. The molecule has 1 rings (SSSR count). The molecule has 1 saturated heterocycles. The second-order valence-corrected chi connectivity index (χ2v) is 9.00. The van der Waals surface area contributed by atoms with Crippen LogP contribution in [0.3, 0.4) is 0 Å². The van der Waals surface area contributed by atoms with Gasteiger partial charge in [-0.1, -0.05) is 13.8 Å². The van der Waals surface area contributed by atoms with Crippen LogP contribution in [-0.4, -0.2) is 44.7 Å². The first-order valence-electron chi connectivity index (χ1n) is 7.26. The Labute approximate surface area is 118 Å². The molecule has 114 valence electrons. The van der Waals surface area contributed by atoms with Gasteiger partial charge in [0, 0.05) is 24.6 Å². The average molecular weight is 291 g/mol. The monoisotopic (exact) mass is 291 g/mol. The second kappa shape index (κ2) is 6.55. The average Bonchev–Trinajstić information content (AvgIpc) is 2.66. The van der Waals surface area contributed by atoms with E-state index in [-0.39, 0.29) is 22.5 Å². The molecule has 0 amide bonds. The Kier molecular flexibility index (Phi) is 5.83. The zero-order valence-electron chi connectivity index (χ0n) is 12.9. The van der Waals surface area contributed by atoms with Crippen molar-refractivity contribution < 1.29 is 13.2 Å². The summed E-state index contributed by atoms with van der Waals surface area (Å²) in [5.74, 6) is 0.262. The molecule has 0 aromatic heterocycles. The minimum absolute atomic E-state index is 0.0355. The summed E-state index contributed by atoms with van der Waals surface area (Å²) in [6, 6.07) is 0.409. The van der Waals surface area contributed by atoms with Gasteiger partial charge in [0.1, 0.15) is 0 Å². The maximum Gasteiger partial charge on any atom is 0.152 e. The van der Waals surface area contributed by atoms with Crippen molar-refractivity contribution in [1.82, 2.24) is 5.32 Å². The van der Waals surface area contributed by atoms with Gasteiger partial charge >= 0.3 is 0 Å². The smallest absolute Gasteiger partial charge is 0.152 e. The number of hydrogen-bond acceptors (Lipinski definition) is 4. The fourth-order valence-electron chi connectivity index (χ4n) is 2.46. The lowest BCUT2D eigenvalue weighted by Crippen LogP contribution is -2.43. The van der Waals surface area contributed by atoms with Crippen LogP contribution in [0.25, 0.3) is 0 Å². The molecule has 1 aliphatic rings. The standard InChI is InChI=1S/C14H29NO3S/c1-11(2)15-10-14(6-8-18-13(14)5)7-9-19(16,17)12(3)4/h11-13,15H,6-10H2,1-5H3. The van der Waals surface area contributed by atoms with E-state index in [1.807, 2.05) is 0 Å². The first-order chi connectivity index (χ1) is 8.69. The van der Waals surface area contributed by atoms with Crippen molar-refractivity contribution in [2.24, 2.45) is 5.41 Å². The Hall–Kier alpha value is -0.130. The molecule has 0 saturated carbocycles. The highest BCUT2D eigenvalue weighted by Gasteiger charge is 2.42. The van der Waals surface area contributed by atoms with Gasteiger partial charge in [0.25, 0.3) is 0 Å². The quantitative estimate of drug-likeness (QED) is 0.779. The van der Waals surface area contributed by atoms with E-state index in [4.69, 9.17) is 4.74 Å². The summed E-state index contributed by atoms with van der Waals surface area (Å²) in [6.45, 7) is 11.4. The molecule has 0 aromatic rings. The summed E-state index contributed by atoms with van der Waals surface area (Å²) in [5, 5.41) is 3.16. The summed E-state index contributed by atoms with van der Waals surface area (Å²) in [5.41, 5.74) is -0.0355. The largest absolute Gasteiger partial charge is 0.378 e. The van der Waals surface area contributed by atoms with Gasteiger partial charge in [0.2, 0.25) is 0 Å². The van der Waals surface area contributed by atoms with Crippen LogP contribution >= 0.6 is 0 Å². The molecular formula is C14H29NO3S. The van der Waals surface area contributed by atoms with E-state index in [0.717, 1.165) is 19.6 Å². The highest BCUT2D eigenvalue weighted by Crippen LogP contribution is 2.38. The minimum atomic E-state index is -2.97. The van der Waals surface area contributed by atoms with Crippen LogP contribution in [0.1, 0.15) is 47.5 Å². The van der Waals surface area contributed by atoms with Crippen molar-refractivity contribution in [3.05, 3.63) is 0 Å². The summed E-state index contributed by atoms with van der Waals surface area (Å²) < 4.78 is 29.7. The Morgan fingerprint density at radius 2 is 1.95 bits per heavy atom. The number of rotatable bonds is 7. The zero-order valence-corrected chi connectivity index (χ0v) is 13.7. The molecule has 0 aromatic carbocycles. The van der Waals surface area contributed by atoms with Gasteiger partial charge in [-0.15, -0.1) is 0 Å². The summed E-state index contributed by atoms with van der Waals surface area (Å²) in [4.78, 5) is 0. The van der Waals surface area contributed by atoms with Crippen LogP contribution in [0, 0.1) is 5.41 Å². The van der Waals surface area contributed by atoms with E-state index in [2.05, 4.69) is 26.1 Å². The van der Waals surface area contributed by atoms with Gasteiger partial charge < -0.3 is 10.1 Å². The molecule has 0 radical (unpaired) electrons. The third-order valence-electron chi connectivity index (χ3n) is 4.30. The van der Waals surface area contributed by atoms with Crippen LogP contribution in [0.5, 0.6) is 0 Å². The molecule has 5 heteroatoms. The molecule has 4 nitrogen and oxygen atoms in total. The second-order valence-electron chi connectivity index (χ2n) is 6.33. The first kappa shape index (κ1) is 16.9. The Balaban J connectivity index is 2.71. The zero-order chi connectivity index (χ0) is 14.7. The molecule has 0 bridgehead atoms. The normalized spacial score (nSPS) is 28.5. The molecule has 1 heterocycles. The molecule has 1 aliphatic heterocycles. The lowest BCUT2D eigenvalue weighted by molar-refractivity contribution is 0.0604. The van der Waals surface area contributed by atoms with Crippen LogP contribution in [0.2, 0.25) is 0 Å². The van der Waals surface area contributed by atoms with Gasteiger partial charge in [-0.25, -0.2) is 8.42 Å². The predicted octanol–water partition coefficient (Wildman–Crippen LogP) is 1.99. The molecule has 1 N–H and O–H groups in total. The van der Waals surface area contributed by atoms with Crippen LogP contribution in [0.15, 0.2) is 0 Å². The Morgan fingerprint density at radius 1 is 1.32 bits per heavy atom. The van der Waals surface area contributed by atoms with Gasteiger partial charge in [-0.2, -0.15) is 0 Å². The topological polar surface area (TPSA) is 55.4 Å². The molecule has 0 spiro atoms.